The molecule has 14 aromatic rings. The molecule has 4 heterocycles. The van der Waals surface area contributed by atoms with Gasteiger partial charge in [-0.2, -0.15) is 0 Å². The second-order valence-electron chi connectivity index (χ2n) is 22.3. The average Bonchev–Trinajstić information content (AvgIpc) is 1.58. The van der Waals surface area contributed by atoms with E-state index in [-0.39, 0.29) is 110 Å². The first-order chi connectivity index (χ1) is 42.8. The van der Waals surface area contributed by atoms with Crippen LogP contribution in [-0.2, 0) is 21.1 Å². The summed E-state index contributed by atoms with van der Waals surface area (Å²) in [6, 6.07) is 57.7. The molecule has 17 rings (SSSR count). The number of rotatable bonds is 4. The predicted octanol–water partition coefficient (Wildman–Crippen LogP) is 20.9. The SMILES string of the molecule is Fc1cc(F)cc(-c2c3nc(c(-c4cc(F)cc(F)c4)c4[n-]c(c(-c5cc(F)cc(F)c5)c5nc(c(-c6cc(F)cc(F)c6)c6[n-]c2c2cc7ccccc7cc62)-c2cc6ccccc6cc2-5)c2cc5ccccc5cc42)-c2cc4ccccc4cc2-3)c1.[Pt+2]. The quantitative estimate of drug-likeness (QED) is 0.165. The van der Waals surface area contributed by atoms with Crippen LogP contribution in [0.4, 0.5) is 35.1 Å². The van der Waals surface area contributed by atoms with E-state index in [0.29, 0.717) is 43.8 Å². The normalized spacial score (nSPS) is 12.0. The van der Waals surface area contributed by atoms with Crippen LogP contribution in [0.3, 0.4) is 0 Å². The molecule has 89 heavy (non-hydrogen) atoms. The fourth-order valence-corrected chi connectivity index (χ4v) is 13.3. The molecule has 0 amide bonds. The number of hydrogen-bond donors (Lipinski definition) is 0. The second kappa shape index (κ2) is 20.3. The first-order valence-corrected chi connectivity index (χ1v) is 28.2. The summed E-state index contributed by atoms with van der Waals surface area (Å²) in [5.74, 6) is -7.39. The zero-order chi connectivity index (χ0) is 59.4. The van der Waals surface area contributed by atoms with Crippen molar-refractivity contribution in [3.05, 3.63) is 265 Å². The third-order valence-electron chi connectivity index (χ3n) is 17.0. The van der Waals surface area contributed by atoms with Crippen molar-refractivity contribution in [3.8, 4) is 89.5 Å². The van der Waals surface area contributed by atoms with Gasteiger partial charge in [0.1, 0.15) is 46.5 Å². The van der Waals surface area contributed by atoms with Gasteiger partial charge < -0.3 is 9.97 Å². The van der Waals surface area contributed by atoms with Crippen molar-refractivity contribution < 1.29 is 56.2 Å². The molecule has 0 radical (unpaired) electrons. The molecule has 0 atom stereocenters. The Balaban J connectivity index is 0.00000636. The molecular weight excluding hydrogens is 1320 g/mol. The maximum atomic E-state index is 16.4. The number of aromatic nitrogens is 4. The van der Waals surface area contributed by atoms with E-state index >= 15 is 35.1 Å². The summed E-state index contributed by atoms with van der Waals surface area (Å²) in [5.41, 5.74) is 3.45. The van der Waals surface area contributed by atoms with Crippen LogP contribution in [0.5, 0.6) is 0 Å². The Hall–Kier alpha value is -10.6. The molecular formula is C76H36F8N4Pt. The van der Waals surface area contributed by atoms with Crippen LogP contribution in [0.1, 0.15) is 0 Å². The fourth-order valence-electron chi connectivity index (χ4n) is 13.3. The zero-order valence-electron chi connectivity index (χ0n) is 45.9. The smallest absolute Gasteiger partial charge is 0.656 e. The van der Waals surface area contributed by atoms with Crippen molar-refractivity contribution >= 4 is 86.7 Å². The Morgan fingerprint density at radius 2 is 0.404 bits per heavy atom. The Kier molecular flexibility index (Phi) is 12.3. The Bertz CT molecular complexity index is 5050. The Labute approximate surface area is 514 Å². The van der Waals surface area contributed by atoms with Crippen LogP contribution < -0.4 is 9.97 Å². The molecule has 1 aliphatic carbocycles. The molecule has 0 N–H and O–H groups in total. The number of hydrogen-bond acceptors (Lipinski definition) is 2. The summed E-state index contributed by atoms with van der Waals surface area (Å²) < 4.78 is 131. The zero-order valence-corrected chi connectivity index (χ0v) is 48.2. The molecule has 12 aromatic carbocycles. The van der Waals surface area contributed by atoms with Crippen LogP contribution in [0.25, 0.3) is 176 Å². The molecule has 0 saturated carbocycles. The maximum absolute atomic E-state index is 16.4. The molecule has 3 aliphatic rings. The van der Waals surface area contributed by atoms with Gasteiger partial charge in [-0.3, -0.25) is 0 Å². The van der Waals surface area contributed by atoms with Gasteiger partial charge in [-0.15, -0.1) is 22.1 Å². The van der Waals surface area contributed by atoms with Gasteiger partial charge in [0.25, 0.3) is 0 Å². The summed E-state index contributed by atoms with van der Waals surface area (Å²) >= 11 is 0. The fraction of sp³-hybridized carbons (Fsp3) is 0. The monoisotopic (exact) mass is 1350 g/mol. The molecule has 2 aromatic heterocycles. The van der Waals surface area contributed by atoms with Crippen molar-refractivity contribution in [2.75, 3.05) is 0 Å². The number of benzene rings is 12. The number of halogens is 8. The number of fused-ring (bicyclic) bond motifs is 4. The summed E-state index contributed by atoms with van der Waals surface area (Å²) in [6.07, 6.45) is 0. The van der Waals surface area contributed by atoms with Crippen LogP contribution in [-0.4, -0.2) is 9.97 Å². The van der Waals surface area contributed by atoms with E-state index in [2.05, 4.69) is 0 Å². The summed E-state index contributed by atoms with van der Waals surface area (Å²) in [5, 5.41) is 7.67. The van der Waals surface area contributed by atoms with Gasteiger partial charge in [-0.25, -0.2) is 45.1 Å². The standard InChI is InChI=1S/C76H36F8N4.Pt/c77-49-17-45(18-50(78)33-49)65-69-57-25-37-9-1-2-10-38(37)26-58(57)70(85-69)66(46-19-51(79)34-52(80)20-46)72-61-29-41-13-5-6-14-42(41)30-62(61)74(87-72)68(48-23-55(83)36-56(84)24-48)76-64-32-44-16-8-7-15-43(44)31-63(64)75(88-76)67(47-21-53(81)35-54(82)22-47)73-60-28-40-12-4-3-11-39(40)27-59(60)71(65)86-73;/h1-36H;/q-2;+2. The van der Waals surface area contributed by atoms with Crippen molar-refractivity contribution in [1.29, 1.82) is 0 Å². The van der Waals surface area contributed by atoms with Crippen LogP contribution in [0, 0.1) is 46.5 Å². The second-order valence-corrected chi connectivity index (χ2v) is 22.3. The van der Waals surface area contributed by atoms with E-state index in [1.54, 1.807) is 0 Å². The average molecular weight is 1350 g/mol. The van der Waals surface area contributed by atoms with Gasteiger partial charge in [0.15, 0.2) is 0 Å². The molecule has 2 aliphatic heterocycles. The van der Waals surface area contributed by atoms with Crippen molar-refractivity contribution in [3.63, 3.8) is 0 Å². The molecule has 13 heteroatoms. The summed E-state index contributed by atoms with van der Waals surface area (Å²) in [4.78, 5) is 22.4. The molecule has 8 bridgehead atoms. The number of nitrogens with zero attached hydrogens (tertiary/aromatic N) is 4. The van der Waals surface area contributed by atoms with Gasteiger partial charge in [0, 0.05) is 46.5 Å². The van der Waals surface area contributed by atoms with Gasteiger partial charge in [0.2, 0.25) is 0 Å². The van der Waals surface area contributed by atoms with Crippen molar-refractivity contribution in [2.24, 2.45) is 0 Å². The van der Waals surface area contributed by atoms with Crippen LogP contribution >= 0.6 is 0 Å². The first kappa shape index (κ1) is 53.9. The third-order valence-corrected chi connectivity index (χ3v) is 17.0. The Morgan fingerprint density at radius 1 is 0.225 bits per heavy atom. The van der Waals surface area contributed by atoms with Gasteiger partial charge >= 0.3 is 21.1 Å². The molecule has 4 nitrogen and oxygen atoms in total. The van der Waals surface area contributed by atoms with Gasteiger partial charge in [-0.05, 0) is 206 Å². The minimum Gasteiger partial charge on any atom is -0.656 e. The van der Waals surface area contributed by atoms with Gasteiger partial charge in [-0.1, -0.05) is 97.1 Å². The third kappa shape index (κ3) is 8.67. The molecule has 0 fully saturated rings. The topological polar surface area (TPSA) is 54.0 Å². The largest absolute Gasteiger partial charge is 2.00 e. The van der Waals surface area contributed by atoms with Crippen molar-refractivity contribution in [1.82, 2.24) is 19.9 Å². The Morgan fingerprint density at radius 3 is 0.596 bits per heavy atom. The minimum atomic E-state index is -0.924. The van der Waals surface area contributed by atoms with Crippen LogP contribution in [0.15, 0.2) is 218 Å². The minimum absolute atomic E-state index is 0. The van der Waals surface area contributed by atoms with Gasteiger partial charge in [0.05, 0.1) is 22.8 Å². The van der Waals surface area contributed by atoms with E-state index < -0.39 is 46.5 Å². The van der Waals surface area contributed by atoms with E-state index in [1.807, 2.05) is 146 Å². The van der Waals surface area contributed by atoms with Crippen molar-refractivity contribution in [2.45, 2.75) is 0 Å². The van der Waals surface area contributed by atoms with E-state index in [4.69, 9.17) is 19.9 Å². The molecule has 426 valence electrons. The summed E-state index contributed by atoms with van der Waals surface area (Å²) in [6.45, 7) is 0. The maximum Gasteiger partial charge on any atom is 2.00 e. The molecule has 0 saturated heterocycles. The van der Waals surface area contributed by atoms with Crippen LogP contribution in [0.2, 0.25) is 0 Å². The molecule has 0 unspecified atom stereocenters. The van der Waals surface area contributed by atoms with E-state index in [1.165, 1.54) is 48.5 Å². The molecule has 0 spiro atoms. The first-order valence-electron chi connectivity index (χ1n) is 28.2. The van der Waals surface area contributed by atoms with E-state index in [9.17, 15) is 0 Å². The summed E-state index contributed by atoms with van der Waals surface area (Å²) in [7, 11) is 0. The predicted molar refractivity (Wildman–Crippen MR) is 334 cm³/mol. The van der Waals surface area contributed by atoms with E-state index in [0.717, 1.165) is 67.4 Å².